The maximum Gasteiger partial charge on any atom is 0.416 e. The van der Waals surface area contributed by atoms with Gasteiger partial charge in [-0.15, -0.1) is 0 Å². The number of benzene rings is 3. The smallest absolute Gasteiger partial charge is 0.416 e. The lowest BCUT2D eigenvalue weighted by atomic mass is 10.0. The van der Waals surface area contributed by atoms with E-state index in [0.29, 0.717) is 16.9 Å². The number of alkyl halides is 3. The summed E-state index contributed by atoms with van der Waals surface area (Å²) < 4.78 is 43.7. The van der Waals surface area contributed by atoms with Crippen LogP contribution in [0.15, 0.2) is 78.9 Å². The summed E-state index contributed by atoms with van der Waals surface area (Å²) >= 11 is 0. The first-order valence-electron chi connectivity index (χ1n) is 9.19. The fourth-order valence-corrected chi connectivity index (χ4v) is 2.96. The van der Waals surface area contributed by atoms with Gasteiger partial charge >= 0.3 is 12.1 Å². The molecule has 0 aliphatic carbocycles. The zero-order chi connectivity index (χ0) is 21.6. The van der Waals surface area contributed by atoms with Crippen molar-refractivity contribution in [2.75, 3.05) is 6.61 Å². The van der Waals surface area contributed by atoms with Crippen molar-refractivity contribution in [2.45, 2.75) is 12.6 Å². The largest absolute Gasteiger partial charge is 0.489 e. The van der Waals surface area contributed by atoms with Crippen LogP contribution in [-0.4, -0.2) is 17.7 Å². The Morgan fingerprint density at radius 2 is 1.70 bits per heavy atom. The second-order valence-corrected chi connectivity index (χ2v) is 6.60. The van der Waals surface area contributed by atoms with Crippen LogP contribution in [0.5, 0.6) is 5.75 Å². The third kappa shape index (κ3) is 5.73. The van der Waals surface area contributed by atoms with Crippen molar-refractivity contribution in [3.8, 4) is 16.9 Å². The van der Waals surface area contributed by atoms with E-state index in [2.05, 4.69) is 0 Å². The molecule has 6 heteroatoms. The first-order chi connectivity index (χ1) is 14.3. The molecule has 0 aliphatic rings. The molecule has 0 fully saturated rings. The molecule has 0 amide bonds. The van der Waals surface area contributed by atoms with E-state index in [4.69, 9.17) is 9.84 Å². The monoisotopic (exact) mass is 412 g/mol. The van der Waals surface area contributed by atoms with E-state index in [0.717, 1.165) is 23.3 Å². The lowest BCUT2D eigenvalue weighted by molar-refractivity contribution is -0.138. The van der Waals surface area contributed by atoms with E-state index in [1.807, 2.05) is 36.4 Å². The first kappa shape index (κ1) is 21.2. The van der Waals surface area contributed by atoms with Gasteiger partial charge < -0.3 is 9.84 Å². The van der Waals surface area contributed by atoms with E-state index in [9.17, 15) is 18.0 Å². The van der Waals surface area contributed by atoms with Crippen LogP contribution in [-0.2, 0) is 17.4 Å². The first-order valence-corrected chi connectivity index (χ1v) is 9.19. The average Bonchev–Trinajstić information content (AvgIpc) is 2.71. The fraction of sp³-hybridized carbons (Fsp3) is 0.125. The zero-order valence-corrected chi connectivity index (χ0v) is 15.9. The number of para-hydroxylation sites is 1. The van der Waals surface area contributed by atoms with E-state index in [-0.39, 0.29) is 13.0 Å². The topological polar surface area (TPSA) is 46.5 Å². The van der Waals surface area contributed by atoms with Gasteiger partial charge in [-0.05, 0) is 41.0 Å². The molecule has 0 saturated heterocycles. The number of hydrogen-bond acceptors (Lipinski definition) is 2. The molecule has 0 heterocycles. The van der Waals surface area contributed by atoms with Crippen LogP contribution in [0.1, 0.15) is 16.7 Å². The van der Waals surface area contributed by atoms with Crippen LogP contribution in [0.25, 0.3) is 17.2 Å². The minimum Gasteiger partial charge on any atom is -0.489 e. The lowest BCUT2D eigenvalue weighted by Crippen LogP contribution is -2.04. The third-order valence-electron chi connectivity index (χ3n) is 4.36. The molecule has 0 radical (unpaired) electrons. The average molecular weight is 412 g/mol. The lowest BCUT2D eigenvalue weighted by Gasteiger charge is -2.11. The van der Waals surface area contributed by atoms with Gasteiger partial charge in [0.25, 0.3) is 0 Å². The minimum absolute atomic E-state index is 0.0628. The van der Waals surface area contributed by atoms with Crippen LogP contribution in [0, 0.1) is 0 Å². The van der Waals surface area contributed by atoms with Gasteiger partial charge in [0, 0.05) is 5.56 Å². The number of aliphatic carboxylic acids is 1. The summed E-state index contributed by atoms with van der Waals surface area (Å²) in [5, 5.41) is 8.99. The Kier molecular flexibility index (Phi) is 6.57. The molecular formula is C24H19F3O3. The highest BCUT2D eigenvalue weighted by Gasteiger charge is 2.29. The number of ether oxygens (including phenoxy) is 1. The molecule has 0 spiro atoms. The summed E-state index contributed by atoms with van der Waals surface area (Å²) in [6, 6.07) is 19.5. The number of rotatable bonds is 7. The van der Waals surface area contributed by atoms with E-state index in [1.54, 1.807) is 24.3 Å². The number of hydrogen-bond donors (Lipinski definition) is 1. The van der Waals surface area contributed by atoms with Crippen LogP contribution in [0.4, 0.5) is 13.2 Å². The van der Waals surface area contributed by atoms with Gasteiger partial charge in [-0.25, -0.2) is 0 Å². The Bertz CT molecular complexity index is 1040. The standard InChI is InChI=1S/C24H19F3O3/c25-24(26,27)20-12-10-17(11-13-20)6-4-14-30-22-9-2-1-8-21(22)19-7-3-5-18(15-19)16-23(28)29/h1-13,15H,14,16H2,(H,28,29)/b6-4+. The highest BCUT2D eigenvalue weighted by atomic mass is 19.4. The van der Waals surface area contributed by atoms with Crippen molar-refractivity contribution >= 4 is 12.0 Å². The van der Waals surface area contributed by atoms with Crippen molar-refractivity contribution < 1.29 is 27.8 Å². The van der Waals surface area contributed by atoms with Crippen LogP contribution >= 0.6 is 0 Å². The predicted octanol–water partition coefficient (Wildman–Crippen LogP) is 6.09. The van der Waals surface area contributed by atoms with Crippen molar-refractivity contribution in [3.63, 3.8) is 0 Å². The molecule has 3 rings (SSSR count). The van der Waals surface area contributed by atoms with Gasteiger partial charge in [0.05, 0.1) is 12.0 Å². The van der Waals surface area contributed by atoms with Gasteiger partial charge in [0.2, 0.25) is 0 Å². The van der Waals surface area contributed by atoms with Crippen molar-refractivity contribution in [3.05, 3.63) is 95.6 Å². The molecule has 0 aromatic heterocycles. The van der Waals surface area contributed by atoms with Gasteiger partial charge in [-0.2, -0.15) is 13.2 Å². The number of halogens is 3. The van der Waals surface area contributed by atoms with Gasteiger partial charge in [0.1, 0.15) is 12.4 Å². The van der Waals surface area contributed by atoms with E-state index in [1.165, 1.54) is 12.1 Å². The van der Waals surface area contributed by atoms with Crippen LogP contribution in [0.2, 0.25) is 0 Å². The highest BCUT2D eigenvalue weighted by Crippen LogP contribution is 2.31. The number of carboxylic acids is 1. The SMILES string of the molecule is O=C(O)Cc1cccc(-c2ccccc2OC/C=C/c2ccc(C(F)(F)F)cc2)c1. The summed E-state index contributed by atoms with van der Waals surface area (Å²) in [5.74, 6) is -0.271. The van der Waals surface area contributed by atoms with Crippen LogP contribution < -0.4 is 4.74 Å². The van der Waals surface area contributed by atoms with Crippen molar-refractivity contribution in [2.24, 2.45) is 0 Å². The molecule has 0 unspecified atom stereocenters. The molecule has 0 aliphatic heterocycles. The molecule has 0 atom stereocenters. The number of carbonyl (C=O) groups is 1. The van der Waals surface area contributed by atoms with Gasteiger partial charge in [0.15, 0.2) is 0 Å². The normalized spacial score (nSPS) is 11.6. The second kappa shape index (κ2) is 9.31. The van der Waals surface area contributed by atoms with Gasteiger partial charge in [-0.1, -0.05) is 60.7 Å². The van der Waals surface area contributed by atoms with Crippen molar-refractivity contribution in [1.29, 1.82) is 0 Å². The maximum atomic E-state index is 12.6. The molecule has 3 aromatic rings. The molecule has 0 bridgehead atoms. The molecule has 3 nitrogen and oxygen atoms in total. The maximum absolute atomic E-state index is 12.6. The molecule has 1 N–H and O–H groups in total. The fourth-order valence-electron chi connectivity index (χ4n) is 2.96. The second-order valence-electron chi connectivity index (χ2n) is 6.60. The Morgan fingerprint density at radius 1 is 0.967 bits per heavy atom. The van der Waals surface area contributed by atoms with Gasteiger partial charge in [-0.3, -0.25) is 4.79 Å². The summed E-state index contributed by atoms with van der Waals surface area (Å²) in [7, 11) is 0. The quantitative estimate of drug-likeness (QED) is 0.511. The van der Waals surface area contributed by atoms with Crippen LogP contribution in [0.3, 0.4) is 0 Å². The summed E-state index contributed by atoms with van der Waals surface area (Å²) in [6.45, 7) is 0.229. The summed E-state index contributed by atoms with van der Waals surface area (Å²) in [5.41, 5.74) is 2.32. The Labute approximate surface area is 172 Å². The Hall–Kier alpha value is -3.54. The molecular weight excluding hydrogens is 393 g/mol. The predicted molar refractivity (Wildman–Crippen MR) is 109 cm³/mol. The summed E-state index contributed by atoms with van der Waals surface area (Å²) in [6.07, 6.45) is -1.000. The Morgan fingerprint density at radius 3 is 2.40 bits per heavy atom. The summed E-state index contributed by atoms with van der Waals surface area (Å²) in [4.78, 5) is 11.0. The third-order valence-corrected chi connectivity index (χ3v) is 4.36. The van der Waals surface area contributed by atoms with Crippen molar-refractivity contribution in [1.82, 2.24) is 0 Å². The molecule has 154 valence electrons. The molecule has 30 heavy (non-hydrogen) atoms. The minimum atomic E-state index is -4.35. The van der Waals surface area contributed by atoms with E-state index < -0.39 is 17.7 Å². The molecule has 0 saturated carbocycles. The zero-order valence-electron chi connectivity index (χ0n) is 15.9. The Balaban J connectivity index is 1.69. The number of carboxylic acid groups (broad SMARTS) is 1. The van der Waals surface area contributed by atoms with E-state index >= 15 is 0 Å². The highest BCUT2D eigenvalue weighted by molar-refractivity contribution is 5.74. The molecule has 3 aromatic carbocycles.